The Balaban J connectivity index is 1.82. The third kappa shape index (κ3) is 2.08. The summed E-state index contributed by atoms with van der Waals surface area (Å²) in [6.45, 7) is 4.69. The largest absolute Gasteiger partial charge is 0.345 e. The highest BCUT2D eigenvalue weighted by atomic mass is 16.8. The van der Waals surface area contributed by atoms with Crippen LogP contribution >= 0.6 is 0 Å². The Labute approximate surface area is 78.5 Å². The minimum atomic E-state index is -0.0746. The average Bonchev–Trinajstić information content (AvgIpc) is 2.73. The van der Waals surface area contributed by atoms with Crippen LogP contribution in [0.5, 0.6) is 0 Å². The van der Waals surface area contributed by atoms with Gasteiger partial charge in [-0.25, -0.2) is 0 Å². The van der Waals surface area contributed by atoms with Crippen LogP contribution in [0.4, 0.5) is 0 Å². The quantitative estimate of drug-likeness (QED) is 0.663. The molecule has 0 N–H and O–H groups in total. The van der Waals surface area contributed by atoms with Crippen LogP contribution in [-0.4, -0.2) is 11.9 Å². The fraction of sp³-hybridized carbons (Fsp3) is 0.455. The van der Waals surface area contributed by atoms with E-state index in [0.29, 0.717) is 6.61 Å². The summed E-state index contributed by atoms with van der Waals surface area (Å²) in [4.78, 5) is 0. The Morgan fingerprint density at radius 2 is 1.92 bits per heavy atom. The van der Waals surface area contributed by atoms with Gasteiger partial charge in [-0.2, -0.15) is 0 Å². The molecule has 2 rings (SSSR count). The summed E-state index contributed by atoms with van der Waals surface area (Å²) in [5.41, 5.74) is 1.11. The number of hydrogen-bond acceptors (Lipinski definition) is 2. The third-order valence-corrected chi connectivity index (χ3v) is 2.17. The molecule has 2 nitrogen and oxygen atoms in total. The van der Waals surface area contributed by atoms with Gasteiger partial charge in [0.25, 0.3) is 0 Å². The van der Waals surface area contributed by atoms with E-state index in [9.17, 15) is 0 Å². The van der Waals surface area contributed by atoms with Crippen molar-refractivity contribution in [3.8, 4) is 0 Å². The first-order valence-corrected chi connectivity index (χ1v) is 4.52. The number of ether oxygens (including phenoxy) is 2. The van der Waals surface area contributed by atoms with Gasteiger partial charge in [-0.1, -0.05) is 30.3 Å². The summed E-state index contributed by atoms with van der Waals surface area (Å²) in [5, 5.41) is 0. The van der Waals surface area contributed by atoms with Crippen molar-refractivity contribution in [2.24, 2.45) is 0 Å². The van der Waals surface area contributed by atoms with E-state index < -0.39 is 0 Å². The molecule has 1 fully saturated rings. The third-order valence-electron chi connectivity index (χ3n) is 2.17. The molecule has 70 valence electrons. The van der Waals surface area contributed by atoms with Crippen LogP contribution in [0.1, 0.15) is 19.4 Å². The van der Waals surface area contributed by atoms with Gasteiger partial charge in [0.1, 0.15) is 5.60 Å². The molecule has 1 aromatic rings. The van der Waals surface area contributed by atoms with Gasteiger partial charge in [0, 0.05) is 0 Å². The zero-order valence-corrected chi connectivity index (χ0v) is 7.99. The normalized spacial score (nSPS) is 24.3. The van der Waals surface area contributed by atoms with E-state index in [-0.39, 0.29) is 11.9 Å². The molecule has 1 unspecified atom stereocenters. The highest BCUT2D eigenvalue weighted by Crippen LogP contribution is 2.36. The summed E-state index contributed by atoms with van der Waals surface area (Å²) in [7, 11) is 0. The van der Waals surface area contributed by atoms with E-state index in [2.05, 4.69) is 12.1 Å². The monoisotopic (exact) mass is 178 g/mol. The minimum absolute atomic E-state index is 0.0206. The van der Waals surface area contributed by atoms with E-state index in [1.807, 2.05) is 32.0 Å². The fourth-order valence-corrected chi connectivity index (χ4v) is 1.22. The first kappa shape index (κ1) is 8.73. The second-order valence-corrected chi connectivity index (χ2v) is 3.85. The smallest absolute Gasteiger partial charge is 0.187 e. The molecule has 1 atom stereocenters. The van der Waals surface area contributed by atoms with Crippen molar-refractivity contribution in [3.63, 3.8) is 0 Å². The van der Waals surface area contributed by atoms with Gasteiger partial charge in [-0.3, -0.25) is 0 Å². The molecule has 0 bridgehead atoms. The summed E-state index contributed by atoms with van der Waals surface area (Å²) in [6.07, 6.45) is -0.0206. The number of hydrogen-bond donors (Lipinski definition) is 0. The zero-order chi connectivity index (χ0) is 9.31. The maximum atomic E-state index is 5.53. The molecule has 1 aliphatic heterocycles. The Hall–Kier alpha value is -0.860. The first-order valence-electron chi connectivity index (χ1n) is 4.52. The number of epoxide rings is 1. The van der Waals surface area contributed by atoms with Gasteiger partial charge < -0.3 is 9.47 Å². The van der Waals surface area contributed by atoms with Crippen LogP contribution in [0.3, 0.4) is 0 Å². The highest BCUT2D eigenvalue weighted by molar-refractivity contribution is 5.13. The Morgan fingerprint density at radius 3 is 2.46 bits per heavy atom. The van der Waals surface area contributed by atoms with Crippen molar-refractivity contribution >= 4 is 0 Å². The molecule has 2 heteroatoms. The van der Waals surface area contributed by atoms with Crippen molar-refractivity contribution < 1.29 is 9.47 Å². The molecule has 1 saturated heterocycles. The highest BCUT2D eigenvalue weighted by Gasteiger charge is 2.49. The first-order chi connectivity index (χ1) is 6.18. The minimum Gasteiger partial charge on any atom is -0.345 e. The van der Waals surface area contributed by atoms with Gasteiger partial charge >= 0.3 is 0 Å². The fourth-order valence-electron chi connectivity index (χ4n) is 1.22. The zero-order valence-electron chi connectivity index (χ0n) is 7.99. The molecule has 0 radical (unpaired) electrons. The lowest BCUT2D eigenvalue weighted by Gasteiger charge is -2.01. The molecule has 0 saturated carbocycles. The van der Waals surface area contributed by atoms with Crippen molar-refractivity contribution in [2.45, 2.75) is 32.3 Å². The van der Waals surface area contributed by atoms with Crippen LogP contribution < -0.4 is 0 Å². The lowest BCUT2D eigenvalue weighted by molar-refractivity contribution is 0.0384. The SMILES string of the molecule is CC1(C)OC1OCc1ccccc1. The maximum absolute atomic E-state index is 5.53. The Morgan fingerprint density at radius 1 is 1.31 bits per heavy atom. The van der Waals surface area contributed by atoms with Crippen LogP contribution in [0, 0.1) is 0 Å². The van der Waals surface area contributed by atoms with Crippen LogP contribution in [0.2, 0.25) is 0 Å². The molecular formula is C11H14O2. The summed E-state index contributed by atoms with van der Waals surface area (Å²) >= 11 is 0. The standard InChI is InChI=1S/C11H14O2/c1-11(2)10(13-11)12-8-9-6-4-3-5-7-9/h3-7,10H,8H2,1-2H3. The molecular weight excluding hydrogens is 164 g/mol. The van der Waals surface area contributed by atoms with E-state index in [0.717, 1.165) is 0 Å². The average molecular weight is 178 g/mol. The maximum Gasteiger partial charge on any atom is 0.187 e. The van der Waals surface area contributed by atoms with Crippen LogP contribution in [0.15, 0.2) is 30.3 Å². The van der Waals surface area contributed by atoms with Gasteiger partial charge in [-0.15, -0.1) is 0 Å². The van der Waals surface area contributed by atoms with Gasteiger partial charge in [0.2, 0.25) is 0 Å². The number of rotatable bonds is 3. The Bertz CT molecular complexity index is 279. The summed E-state index contributed by atoms with van der Waals surface area (Å²) in [6, 6.07) is 10.1. The van der Waals surface area contributed by atoms with Crippen LogP contribution in [0.25, 0.3) is 0 Å². The second kappa shape index (κ2) is 3.13. The second-order valence-electron chi connectivity index (χ2n) is 3.85. The Kier molecular flexibility index (Phi) is 2.10. The predicted molar refractivity (Wildman–Crippen MR) is 50.2 cm³/mol. The molecule has 0 amide bonds. The van der Waals surface area contributed by atoms with E-state index >= 15 is 0 Å². The van der Waals surface area contributed by atoms with Crippen molar-refractivity contribution in [1.82, 2.24) is 0 Å². The summed E-state index contributed by atoms with van der Waals surface area (Å²) in [5.74, 6) is 0. The topological polar surface area (TPSA) is 21.8 Å². The molecule has 1 aliphatic rings. The van der Waals surface area contributed by atoms with Crippen molar-refractivity contribution in [2.75, 3.05) is 0 Å². The molecule has 0 aliphatic carbocycles. The summed E-state index contributed by atoms with van der Waals surface area (Å²) < 4.78 is 10.8. The van der Waals surface area contributed by atoms with Gasteiger partial charge in [0.15, 0.2) is 6.29 Å². The van der Waals surface area contributed by atoms with Gasteiger partial charge in [0.05, 0.1) is 6.61 Å². The molecule has 1 aromatic carbocycles. The van der Waals surface area contributed by atoms with Crippen LogP contribution in [-0.2, 0) is 16.1 Å². The predicted octanol–water partition coefficient (Wildman–Crippen LogP) is 2.34. The van der Waals surface area contributed by atoms with E-state index in [1.165, 1.54) is 5.56 Å². The lowest BCUT2D eigenvalue weighted by Crippen LogP contribution is -2.06. The molecule has 0 spiro atoms. The molecule has 1 heterocycles. The lowest BCUT2D eigenvalue weighted by atomic mass is 10.2. The van der Waals surface area contributed by atoms with E-state index in [1.54, 1.807) is 0 Å². The molecule has 0 aromatic heterocycles. The van der Waals surface area contributed by atoms with Gasteiger partial charge in [-0.05, 0) is 19.4 Å². The number of benzene rings is 1. The van der Waals surface area contributed by atoms with Crippen molar-refractivity contribution in [1.29, 1.82) is 0 Å². The van der Waals surface area contributed by atoms with Crippen molar-refractivity contribution in [3.05, 3.63) is 35.9 Å². The molecule has 13 heavy (non-hydrogen) atoms. The van der Waals surface area contributed by atoms with E-state index in [4.69, 9.17) is 9.47 Å².